The molecule has 0 radical (unpaired) electrons. The second-order valence-corrected chi connectivity index (χ2v) is 6.59. The summed E-state index contributed by atoms with van der Waals surface area (Å²) in [6.45, 7) is 1.55. The fourth-order valence-corrected chi connectivity index (χ4v) is 3.86. The van der Waals surface area contributed by atoms with E-state index in [1.54, 1.807) is 11.3 Å². The molecule has 0 aliphatic carbocycles. The number of anilines is 1. The Bertz CT molecular complexity index is 644. The number of halogens is 2. The molecule has 6 heteroatoms. The van der Waals surface area contributed by atoms with Gasteiger partial charge in [0.05, 0.1) is 6.54 Å². The first-order valence-corrected chi connectivity index (χ1v) is 8.29. The summed E-state index contributed by atoms with van der Waals surface area (Å²) < 4.78 is 1.06. The van der Waals surface area contributed by atoms with Crippen molar-refractivity contribution in [3.05, 3.63) is 50.1 Å². The van der Waals surface area contributed by atoms with E-state index < -0.39 is 0 Å². The summed E-state index contributed by atoms with van der Waals surface area (Å²) in [4.78, 5) is 13.5. The van der Waals surface area contributed by atoms with Crippen LogP contribution >= 0.6 is 39.7 Å². The molecule has 1 aromatic carbocycles. The summed E-state index contributed by atoms with van der Waals surface area (Å²) in [5.41, 5.74) is 3.03. The molecule has 1 aliphatic heterocycles. The van der Waals surface area contributed by atoms with Crippen LogP contribution < -0.4 is 10.6 Å². The van der Waals surface area contributed by atoms with Crippen molar-refractivity contribution in [3.63, 3.8) is 0 Å². The summed E-state index contributed by atoms with van der Waals surface area (Å²) in [7, 11) is 0. The Balaban J connectivity index is 0.00000161. The summed E-state index contributed by atoms with van der Waals surface area (Å²) in [6.07, 6.45) is 2.04. The number of nitrogens with one attached hydrogen (secondary N) is 2. The molecule has 1 aromatic heterocycles. The van der Waals surface area contributed by atoms with Crippen LogP contribution in [0.3, 0.4) is 0 Å². The van der Waals surface area contributed by atoms with Crippen LogP contribution in [0, 0.1) is 0 Å². The highest BCUT2D eigenvalue weighted by Gasteiger charge is 2.17. The molecule has 0 atom stereocenters. The second-order valence-electron chi connectivity index (χ2n) is 4.74. The number of hydrogen-bond donors (Lipinski definition) is 2. The molecule has 1 amide bonds. The molecule has 0 unspecified atom stereocenters. The van der Waals surface area contributed by atoms with Crippen molar-refractivity contribution in [1.82, 2.24) is 5.32 Å². The maximum Gasteiger partial charge on any atom is 0.251 e. The molecule has 0 fully saturated rings. The van der Waals surface area contributed by atoms with Gasteiger partial charge in [0.1, 0.15) is 0 Å². The van der Waals surface area contributed by atoms with Gasteiger partial charge in [0.15, 0.2) is 0 Å². The van der Waals surface area contributed by atoms with Crippen LogP contribution in [-0.2, 0) is 13.0 Å². The molecule has 0 bridgehead atoms. The van der Waals surface area contributed by atoms with Crippen molar-refractivity contribution < 1.29 is 4.79 Å². The van der Waals surface area contributed by atoms with Gasteiger partial charge in [-0.1, -0.05) is 6.07 Å². The first-order chi connectivity index (χ1) is 9.75. The minimum Gasteiger partial charge on any atom is -0.385 e. The topological polar surface area (TPSA) is 41.1 Å². The Hall–Kier alpha value is -1.04. The smallest absolute Gasteiger partial charge is 0.251 e. The lowest BCUT2D eigenvalue weighted by Crippen LogP contribution is -2.25. The fourth-order valence-electron chi connectivity index (χ4n) is 2.43. The molecule has 2 N–H and O–H groups in total. The average Bonchev–Trinajstić information content (AvgIpc) is 2.89. The van der Waals surface area contributed by atoms with Crippen molar-refractivity contribution in [3.8, 4) is 0 Å². The van der Waals surface area contributed by atoms with E-state index in [9.17, 15) is 4.79 Å². The van der Waals surface area contributed by atoms with Gasteiger partial charge in [0.2, 0.25) is 0 Å². The lowest BCUT2D eigenvalue weighted by Gasteiger charge is -2.20. The van der Waals surface area contributed by atoms with Crippen LogP contribution in [0.5, 0.6) is 0 Å². The minimum absolute atomic E-state index is 0. The average molecular weight is 388 g/mol. The number of hydrogen-bond acceptors (Lipinski definition) is 3. The Morgan fingerprint density at radius 2 is 2.24 bits per heavy atom. The number of thiophene rings is 1. The molecule has 0 saturated heterocycles. The van der Waals surface area contributed by atoms with Crippen molar-refractivity contribution in [1.29, 1.82) is 0 Å². The second kappa shape index (κ2) is 7.29. The maximum absolute atomic E-state index is 12.4. The molecule has 3 nitrogen and oxygen atoms in total. The molecule has 3 rings (SSSR count). The molecule has 1 aliphatic rings. The maximum atomic E-state index is 12.4. The number of carbonyl (C=O) groups excluding carboxylic acids is 1. The van der Waals surface area contributed by atoms with Gasteiger partial charge in [0.25, 0.3) is 5.91 Å². The van der Waals surface area contributed by atoms with E-state index in [4.69, 9.17) is 0 Å². The van der Waals surface area contributed by atoms with Crippen LogP contribution in [0.4, 0.5) is 5.69 Å². The van der Waals surface area contributed by atoms with Crippen molar-refractivity contribution in [2.45, 2.75) is 19.4 Å². The monoisotopic (exact) mass is 386 g/mol. The Kier molecular flexibility index (Phi) is 5.67. The number of benzene rings is 1. The predicted octanol–water partition coefficient (Wildman–Crippen LogP) is 4.22. The minimum atomic E-state index is 0. The summed E-state index contributed by atoms with van der Waals surface area (Å²) in [5, 5.41) is 8.37. The van der Waals surface area contributed by atoms with E-state index in [0.29, 0.717) is 6.54 Å². The SMILES string of the molecule is Cl.O=C(NCc1sccc1Br)c1cccc2c1CCCN2. The van der Waals surface area contributed by atoms with E-state index in [1.165, 1.54) is 0 Å². The quantitative estimate of drug-likeness (QED) is 0.828. The van der Waals surface area contributed by atoms with Crippen molar-refractivity contribution in [2.75, 3.05) is 11.9 Å². The molecular formula is C15H16BrClN2OS. The largest absolute Gasteiger partial charge is 0.385 e. The van der Waals surface area contributed by atoms with Gasteiger partial charge in [-0.3, -0.25) is 4.79 Å². The van der Waals surface area contributed by atoms with Crippen LogP contribution in [0.25, 0.3) is 0 Å². The third-order valence-electron chi connectivity index (χ3n) is 3.44. The van der Waals surface area contributed by atoms with Gasteiger partial charge in [-0.25, -0.2) is 0 Å². The Morgan fingerprint density at radius 1 is 1.38 bits per heavy atom. The van der Waals surface area contributed by atoms with E-state index in [0.717, 1.165) is 45.6 Å². The predicted molar refractivity (Wildman–Crippen MR) is 93.7 cm³/mol. The highest BCUT2D eigenvalue weighted by atomic mass is 79.9. The van der Waals surface area contributed by atoms with Crippen molar-refractivity contribution >= 4 is 51.3 Å². The lowest BCUT2D eigenvalue weighted by atomic mass is 9.97. The molecular weight excluding hydrogens is 372 g/mol. The molecule has 0 spiro atoms. The van der Waals surface area contributed by atoms with Gasteiger partial charge >= 0.3 is 0 Å². The van der Waals surface area contributed by atoms with E-state index in [-0.39, 0.29) is 18.3 Å². The first kappa shape index (κ1) is 16.3. The van der Waals surface area contributed by atoms with Crippen LogP contribution in [0.15, 0.2) is 34.1 Å². The zero-order valence-corrected chi connectivity index (χ0v) is 14.5. The number of carbonyl (C=O) groups is 1. The van der Waals surface area contributed by atoms with Gasteiger partial charge < -0.3 is 10.6 Å². The zero-order chi connectivity index (χ0) is 13.9. The Labute approximate surface area is 142 Å². The highest BCUT2D eigenvalue weighted by Crippen LogP contribution is 2.26. The number of amides is 1. The lowest BCUT2D eigenvalue weighted by molar-refractivity contribution is 0.0950. The summed E-state index contributed by atoms with van der Waals surface area (Å²) >= 11 is 5.12. The van der Waals surface area contributed by atoms with Crippen LogP contribution in [-0.4, -0.2) is 12.5 Å². The third kappa shape index (κ3) is 3.59. The van der Waals surface area contributed by atoms with Crippen LogP contribution in [0.2, 0.25) is 0 Å². The molecule has 21 heavy (non-hydrogen) atoms. The first-order valence-electron chi connectivity index (χ1n) is 6.61. The standard InChI is InChI=1S/C15H15BrN2OS.ClH/c16-12-6-8-20-14(12)9-18-15(19)11-3-1-5-13-10(11)4-2-7-17-13;/h1,3,5-6,8,17H,2,4,7,9H2,(H,18,19);1H. The van der Waals surface area contributed by atoms with Crippen molar-refractivity contribution in [2.24, 2.45) is 0 Å². The van der Waals surface area contributed by atoms with E-state index in [1.807, 2.05) is 29.6 Å². The zero-order valence-electron chi connectivity index (χ0n) is 11.3. The molecule has 2 aromatic rings. The summed E-state index contributed by atoms with van der Waals surface area (Å²) in [5.74, 6) is 0.00542. The fraction of sp³-hybridized carbons (Fsp3) is 0.267. The summed E-state index contributed by atoms with van der Waals surface area (Å²) in [6, 6.07) is 7.89. The van der Waals surface area contributed by atoms with Gasteiger partial charge in [-0.15, -0.1) is 23.7 Å². The number of fused-ring (bicyclic) bond motifs is 1. The molecule has 2 heterocycles. The normalized spacial score (nSPS) is 12.8. The van der Waals surface area contributed by atoms with Gasteiger partial charge in [-0.2, -0.15) is 0 Å². The van der Waals surface area contributed by atoms with E-state index in [2.05, 4.69) is 26.6 Å². The van der Waals surface area contributed by atoms with Gasteiger partial charge in [0, 0.05) is 27.1 Å². The number of rotatable bonds is 3. The molecule has 0 saturated carbocycles. The van der Waals surface area contributed by atoms with E-state index >= 15 is 0 Å². The van der Waals surface area contributed by atoms with Crippen LogP contribution in [0.1, 0.15) is 27.2 Å². The van der Waals surface area contributed by atoms with Gasteiger partial charge in [-0.05, 0) is 57.9 Å². The highest BCUT2D eigenvalue weighted by molar-refractivity contribution is 9.10. The Morgan fingerprint density at radius 3 is 3.00 bits per heavy atom. The third-order valence-corrected chi connectivity index (χ3v) is 5.37. The molecule has 112 valence electrons.